The van der Waals surface area contributed by atoms with Gasteiger partial charge in [-0.15, -0.1) is 0 Å². The lowest BCUT2D eigenvalue weighted by Gasteiger charge is -2.38. The molecule has 0 fully saturated rings. The third-order valence-electron chi connectivity index (χ3n) is 6.49. The van der Waals surface area contributed by atoms with Crippen molar-refractivity contribution in [3.05, 3.63) is 114 Å². The molecule has 2 N–H and O–H groups in total. The molecule has 2 rings (SSSR count). The zero-order valence-corrected chi connectivity index (χ0v) is 20.1. The van der Waals surface area contributed by atoms with Crippen LogP contribution in [0.15, 0.2) is 103 Å². The van der Waals surface area contributed by atoms with Gasteiger partial charge in [0.2, 0.25) is 0 Å². The van der Waals surface area contributed by atoms with Crippen molar-refractivity contribution < 1.29 is 0 Å². The maximum Gasteiger partial charge on any atom is 0.0707 e. The Labute approximate surface area is 189 Å². The predicted molar refractivity (Wildman–Crippen MR) is 138 cm³/mol. The Morgan fingerprint density at radius 2 is 1.74 bits per heavy atom. The molecule has 0 bridgehead atoms. The van der Waals surface area contributed by atoms with Crippen LogP contribution < -0.4 is 5.73 Å². The van der Waals surface area contributed by atoms with Gasteiger partial charge in [-0.2, -0.15) is 0 Å². The number of nitrogens with zero attached hydrogens (tertiary/aromatic N) is 1. The van der Waals surface area contributed by atoms with E-state index >= 15 is 0 Å². The molecule has 0 amide bonds. The van der Waals surface area contributed by atoms with Crippen molar-refractivity contribution in [2.75, 3.05) is 13.6 Å². The normalized spacial score (nSPS) is 20.0. The van der Waals surface area contributed by atoms with E-state index in [4.69, 9.17) is 5.73 Å². The maximum atomic E-state index is 6.01. The van der Waals surface area contributed by atoms with Crippen LogP contribution in [0.1, 0.15) is 45.7 Å². The Bertz CT molecular complexity index is 982. The average molecular weight is 415 g/mol. The highest BCUT2D eigenvalue weighted by Gasteiger charge is 2.46. The molecule has 1 atom stereocenters. The van der Waals surface area contributed by atoms with Gasteiger partial charge in [-0.1, -0.05) is 73.9 Å². The van der Waals surface area contributed by atoms with Crippen LogP contribution in [0.2, 0.25) is 0 Å². The van der Waals surface area contributed by atoms with E-state index in [-0.39, 0.29) is 5.54 Å². The predicted octanol–water partition coefficient (Wildman–Crippen LogP) is 6.72. The van der Waals surface area contributed by atoms with Crippen LogP contribution in [0.4, 0.5) is 0 Å². The van der Waals surface area contributed by atoms with Gasteiger partial charge >= 0.3 is 0 Å². The highest BCUT2D eigenvalue weighted by molar-refractivity contribution is 5.92. The van der Waals surface area contributed by atoms with Crippen LogP contribution in [0.5, 0.6) is 0 Å². The van der Waals surface area contributed by atoms with Gasteiger partial charge in [0.25, 0.3) is 0 Å². The van der Waals surface area contributed by atoms with E-state index < -0.39 is 5.41 Å². The summed E-state index contributed by atoms with van der Waals surface area (Å²) >= 11 is 0. The third-order valence-corrected chi connectivity index (χ3v) is 6.49. The summed E-state index contributed by atoms with van der Waals surface area (Å²) < 4.78 is 0. The molecule has 1 aliphatic carbocycles. The number of rotatable bonds is 9. The van der Waals surface area contributed by atoms with Crippen LogP contribution in [-0.4, -0.2) is 24.0 Å². The fourth-order valence-electron chi connectivity index (χ4n) is 4.39. The van der Waals surface area contributed by atoms with E-state index in [1.54, 1.807) is 0 Å². The second kappa shape index (κ2) is 9.98. The van der Waals surface area contributed by atoms with Crippen LogP contribution in [-0.2, 0) is 5.41 Å². The van der Waals surface area contributed by atoms with Gasteiger partial charge in [0.05, 0.1) is 5.41 Å². The molecule has 0 heterocycles. The van der Waals surface area contributed by atoms with Crippen LogP contribution in [0.3, 0.4) is 0 Å². The summed E-state index contributed by atoms with van der Waals surface area (Å²) in [6, 6.07) is 8.63. The largest absolute Gasteiger partial charge is 0.374 e. The molecule has 164 valence electrons. The van der Waals surface area contributed by atoms with Gasteiger partial charge in [0.1, 0.15) is 0 Å². The standard InChI is InChI=1S/C29H38N2/c1-9-16-26-24(13-5)25-17-14-15-18-27(25)29(26,22(10-2)11-3)23(12-4)19-20-31(8)28(6,7)21-30/h9-20H,2,5,21,30H2,1,3-4,6-8H3/b16-9-,20-19-,22-11+,23-12+. The van der Waals surface area contributed by atoms with Gasteiger partial charge in [-0.3, -0.25) is 0 Å². The first-order chi connectivity index (χ1) is 14.8. The molecular weight excluding hydrogens is 376 g/mol. The van der Waals surface area contributed by atoms with Crippen LogP contribution >= 0.6 is 0 Å². The summed E-state index contributed by atoms with van der Waals surface area (Å²) in [6.07, 6.45) is 17.0. The van der Waals surface area contributed by atoms with E-state index in [1.165, 1.54) is 27.8 Å². The first kappa shape index (κ1) is 24.4. The molecule has 0 saturated heterocycles. The first-order valence-electron chi connectivity index (χ1n) is 11.0. The summed E-state index contributed by atoms with van der Waals surface area (Å²) in [4.78, 5) is 2.18. The Balaban J connectivity index is 2.91. The minimum absolute atomic E-state index is 0.133. The molecule has 0 spiro atoms. The molecule has 0 saturated carbocycles. The lowest BCUT2D eigenvalue weighted by molar-refractivity contribution is 0.233. The molecule has 1 aromatic rings. The molecule has 0 radical (unpaired) electrons. The van der Waals surface area contributed by atoms with E-state index in [2.05, 4.69) is 121 Å². The quantitative estimate of drug-likeness (QED) is 0.455. The van der Waals surface area contributed by atoms with Crippen molar-refractivity contribution in [2.24, 2.45) is 5.73 Å². The second-order valence-corrected chi connectivity index (χ2v) is 8.46. The van der Waals surface area contributed by atoms with Gasteiger partial charge in [0.15, 0.2) is 0 Å². The number of likely N-dealkylation sites (N-methyl/N-ethyl adjacent to an activating group) is 1. The molecule has 2 nitrogen and oxygen atoms in total. The van der Waals surface area contributed by atoms with Crippen molar-refractivity contribution in [3.63, 3.8) is 0 Å². The van der Waals surface area contributed by atoms with Gasteiger partial charge in [0, 0.05) is 19.1 Å². The van der Waals surface area contributed by atoms with Crippen molar-refractivity contribution in [1.82, 2.24) is 4.90 Å². The molecule has 31 heavy (non-hydrogen) atoms. The number of hydrogen-bond acceptors (Lipinski definition) is 2. The molecule has 2 heteroatoms. The Kier molecular flexibility index (Phi) is 7.86. The molecule has 0 aromatic heterocycles. The highest BCUT2D eigenvalue weighted by atomic mass is 15.2. The van der Waals surface area contributed by atoms with E-state index in [0.717, 1.165) is 5.57 Å². The van der Waals surface area contributed by atoms with E-state index in [1.807, 2.05) is 12.2 Å². The Hall–Kier alpha value is -2.84. The Morgan fingerprint density at radius 1 is 1.10 bits per heavy atom. The lowest BCUT2D eigenvalue weighted by Crippen LogP contribution is -2.44. The highest BCUT2D eigenvalue weighted by Crippen LogP contribution is 2.56. The fourth-order valence-corrected chi connectivity index (χ4v) is 4.39. The van der Waals surface area contributed by atoms with Gasteiger partial charge in [-0.05, 0) is 80.3 Å². The topological polar surface area (TPSA) is 29.3 Å². The molecule has 1 aliphatic rings. The first-order valence-corrected chi connectivity index (χ1v) is 11.0. The smallest absolute Gasteiger partial charge is 0.0707 e. The summed E-state index contributed by atoms with van der Waals surface area (Å²) in [5.74, 6) is 0. The van der Waals surface area contributed by atoms with Crippen molar-refractivity contribution in [1.29, 1.82) is 0 Å². The minimum atomic E-state index is -0.456. The van der Waals surface area contributed by atoms with E-state index in [0.29, 0.717) is 6.54 Å². The Morgan fingerprint density at radius 3 is 2.26 bits per heavy atom. The number of nitrogens with two attached hydrogens (primary N) is 1. The third kappa shape index (κ3) is 4.05. The fraction of sp³-hybridized carbons (Fsp3) is 0.310. The molecule has 1 aromatic carbocycles. The zero-order valence-electron chi connectivity index (χ0n) is 20.1. The van der Waals surface area contributed by atoms with Crippen molar-refractivity contribution in [2.45, 2.75) is 45.6 Å². The zero-order chi connectivity index (χ0) is 23.2. The van der Waals surface area contributed by atoms with Gasteiger partial charge in [-0.25, -0.2) is 0 Å². The summed E-state index contributed by atoms with van der Waals surface area (Å²) in [7, 11) is 2.08. The summed E-state index contributed by atoms with van der Waals surface area (Å²) in [5.41, 5.74) is 12.6. The van der Waals surface area contributed by atoms with Crippen LogP contribution in [0, 0.1) is 0 Å². The van der Waals surface area contributed by atoms with Crippen LogP contribution in [0.25, 0.3) is 5.57 Å². The van der Waals surface area contributed by atoms with Crippen molar-refractivity contribution in [3.8, 4) is 0 Å². The number of fused-ring (bicyclic) bond motifs is 1. The SMILES string of the molecule is C=CC1=C(/C=C\C)C(/C(C=C)=C/C)(C(/C=C\N(C)C(C)(C)CN)=C/C)c2ccccc21. The minimum Gasteiger partial charge on any atom is -0.374 e. The number of benzene rings is 1. The lowest BCUT2D eigenvalue weighted by atomic mass is 9.65. The molecular formula is C29H38N2. The average Bonchev–Trinajstić information content (AvgIpc) is 3.05. The molecule has 1 unspecified atom stereocenters. The second-order valence-electron chi connectivity index (χ2n) is 8.46. The van der Waals surface area contributed by atoms with E-state index in [9.17, 15) is 0 Å². The van der Waals surface area contributed by atoms with Crippen molar-refractivity contribution >= 4 is 5.57 Å². The number of allylic oxidation sites excluding steroid dienone is 11. The summed E-state index contributed by atoms with van der Waals surface area (Å²) in [5, 5.41) is 0. The maximum absolute atomic E-state index is 6.01. The van der Waals surface area contributed by atoms with Gasteiger partial charge < -0.3 is 10.6 Å². The monoisotopic (exact) mass is 414 g/mol. The number of hydrogen-bond donors (Lipinski definition) is 1. The molecule has 0 aliphatic heterocycles. The summed E-state index contributed by atoms with van der Waals surface area (Å²) in [6.45, 7) is 19.5.